The third kappa shape index (κ3) is 3.78. The van der Waals surface area contributed by atoms with Gasteiger partial charge in [0.05, 0.1) is 19.0 Å². The van der Waals surface area contributed by atoms with Crippen LogP contribution in [-0.4, -0.2) is 27.7 Å². The maximum Gasteiger partial charge on any atom is 0.323 e. The van der Waals surface area contributed by atoms with Crippen molar-refractivity contribution in [1.29, 1.82) is 0 Å². The molecule has 0 atom stereocenters. The number of methoxy groups -OCH3 is 1. The van der Waals surface area contributed by atoms with E-state index in [9.17, 15) is 4.79 Å². The molecule has 0 spiro atoms. The number of nitrogens with zero attached hydrogens (tertiary/aromatic N) is 3. The quantitative estimate of drug-likeness (QED) is 0.557. The average Bonchev–Trinajstić information content (AvgIpc) is 3.13. The molecule has 2 N–H and O–H groups in total. The average molecular weight is 373 g/mol. The molecule has 28 heavy (non-hydrogen) atoms. The number of anilines is 2. The fourth-order valence-electron chi connectivity index (χ4n) is 2.80. The van der Waals surface area contributed by atoms with Crippen molar-refractivity contribution >= 4 is 23.1 Å². The van der Waals surface area contributed by atoms with Gasteiger partial charge in [-0.25, -0.2) is 14.3 Å². The van der Waals surface area contributed by atoms with Crippen LogP contribution in [0.5, 0.6) is 5.88 Å². The molecule has 2 aromatic heterocycles. The first-order chi connectivity index (χ1) is 13.6. The molecule has 4 rings (SSSR count). The van der Waals surface area contributed by atoms with Gasteiger partial charge in [-0.1, -0.05) is 29.8 Å². The zero-order valence-electron chi connectivity index (χ0n) is 15.5. The lowest BCUT2D eigenvalue weighted by Crippen LogP contribution is -2.19. The van der Waals surface area contributed by atoms with Gasteiger partial charge in [0.15, 0.2) is 5.65 Å². The van der Waals surface area contributed by atoms with Crippen LogP contribution >= 0.6 is 0 Å². The molecule has 4 aromatic rings. The van der Waals surface area contributed by atoms with Gasteiger partial charge < -0.3 is 15.4 Å². The number of carbonyl (C=O) groups excluding carboxylic acids is 1. The number of fused-ring (bicyclic) bond motifs is 1. The van der Waals surface area contributed by atoms with Gasteiger partial charge in [0.2, 0.25) is 5.88 Å². The Bertz CT molecular complexity index is 1140. The molecule has 0 aliphatic carbocycles. The minimum atomic E-state index is -0.303. The molecule has 140 valence electrons. The van der Waals surface area contributed by atoms with E-state index in [1.165, 1.54) is 0 Å². The molecule has 0 saturated heterocycles. The van der Waals surface area contributed by atoms with E-state index in [2.05, 4.69) is 20.7 Å². The molecule has 0 saturated carbocycles. The molecule has 2 heterocycles. The second-order valence-electron chi connectivity index (χ2n) is 6.33. The number of imidazole rings is 1. The lowest BCUT2D eigenvalue weighted by Gasteiger charge is -2.08. The van der Waals surface area contributed by atoms with Crippen LogP contribution in [-0.2, 0) is 0 Å². The van der Waals surface area contributed by atoms with Crippen molar-refractivity contribution in [1.82, 2.24) is 14.6 Å². The summed E-state index contributed by atoms with van der Waals surface area (Å²) in [6.07, 6.45) is 1.82. The zero-order valence-corrected chi connectivity index (χ0v) is 15.5. The Morgan fingerprint density at radius 3 is 2.57 bits per heavy atom. The maximum absolute atomic E-state index is 12.3. The van der Waals surface area contributed by atoms with Crippen molar-refractivity contribution in [2.45, 2.75) is 6.92 Å². The molecule has 2 aromatic carbocycles. The Morgan fingerprint density at radius 1 is 1.00 bits per heavy atom. The first-order valence-corrected chi connectivity index (χ1v) is 8.76. The number of benzene rings is 2. The van der Waals surface area contributed by atoms with Crippen LogP contribution < -0.4 is 15.4 Å². The van der Waals surface area contributed by atoms with Crippen LogP contribution in [0.3, 0.4) is 0 Å². The number of nitrogens with one attached hydrogen (secondary N) is 2. The summed E-state index contributed by atoms with van der Waals surface area (Å²) in [7, 11) is 1.57. The number of aryl methyl sites for hydroxylation is 1. The minimum Gasteiger partial charge on any atom is -0.480 e. The number of aromatic nitrogens is 3. The van der Waals surface area contributed by atoms with E-state index >= 15 is 0 Å². The van der Waals surface area contributed by atoms with Crippen molar-refractivity contribution in [3.63, 3.8) is 0 Å². The molecule has 2 amide bonds. The number of rotatable bonds is 4. The summed E-state index contributed by atoms with van der Waals surface area (Å²) in [6, 6.07) is 18.4. The fraction of sp³-hybridized carbons (Fsp3) is 0.0952. The smallest absolute Gasteiger partial charge is 0.323 e. The highest BCUT2D eigenvalue weighted by atomic mass is 16.5. The minimum absolute atomic E-state index is 0.303. The van der Waals surface area contributed by atoms with Gasteiger partial charge in [0.1, 0.15) is 0 Å². The number of amides is 2. The monoisotopic (exact) mass is 373 g/mol. The summed E-state index contributed by atoms with van der Waals surface area (Å²) in [5.74, 6) is 0.514. The Labute approximate surface area is 162 Å². The van der Waals surface area contributed by atoms with E-state index in [-0.39, 0.29) is 6.03 Å². The summed E-state index contributed by atoms with van der Waals surface area (Å²) >= 11 is 0. The standard InChI is InChI=1S/C21H19N5O2/c1-14-6-8-16(9-7-14)22-21(27)23-17-5-3-4-15(12-17)18-13-26-19(24-18)10-11-20(25-26)28-2/h3-13H,1-2H3,(H2,22,23,27). The van der Waals surface area contributed by atoms with Crippen LogP contribution in [0.25, 0.3) is 16.9 Å². The van der Waals surface area contributed by atoms with Crippen molar-refractivity contribution in [2.24, 2.45) is 0 Å². The molecule has 0 aliphatic rings. The molecule has 0 unspecified atom stereocenters. The summed E-state index contributed by atoms with van der Waals surface area (Å²) in [5, 5.41) is 9.98. The number of ether oxygens (including phenoxy) is 1. The number of carbonyl (C=O) groups is 1. The first kappa shape index (κ1) is 17.5. The second-order valence-corrected chi connectivity index (χ2v) is 6.33. The Hall–Kier alpha value is -3.87. The van der Waals surface area contributed by atoms with Crippen LogP contribution in [0.1, 0.15) is 5.56 Å². The molecule has 0 fully saturated rings. The van der Waals surface area contributed by atoms with E-state index < -0.39 is 0 Å². The van der Waals surface area contributed by atoms with E-state index in [1.54, 1.807) is 17.7 Å². The topological polar surface area (TPSA) is 80.5 Å². The molecule has 0 aliphatic heterocycles. The summed E-state index contributed by atoms with van der Waals surface area (Å²) < 4.78 is 6.81. The van der Waals surface area contributed by atoms with Crippen molar-refractivity contribution in [2.75, 3.05) is 17.7 Å². The largest absolute Gasteiger partial charge is 0.480 e. The molecular weight excluding hydrogens is 354 g/mol. The molecule has 0 bridgehead atoms. The van der Waals surface area contributed by atoms with E-state index in [0.717, 1.165) is 22.5 Å². The maximum atomic E-state index is 12.3. The van der Waals surface area contributed by atoms with Gasteiger partial charge in [0.25, 0.3) is 0 Å². The lowest BCUT2D eigenvalue weighted by atomic mass is 10.1. The lowest BCUT2D eigenvalue weighted by molar-refractivity contribution is 0.262. The second kappa shape index (κ2) is 7.40. The zero-order chi connectivity index (χ0) is 19.5. The van der Waals surface area contributed by atoms with Gasteiger partial charge >= 0.3 is 6.03 Å². The molecule has 7 heteroatoms. The summed E-state index contributed by atoms with van der Waals surface area (Å²) in [4.78, 5) is 16.8. The highest BCUT2D eigenvalue weighted by Crippen LogP contribution is 2.23. The van der Waals surface area contributed by atoms with Crippen molar-refractivity contribution in [3.05, 3.63) is 72.4 Å². The predicted molar refractivity (Wildman–Crippen MR) is 109 cm³/mol. The third-order valence-electron chi connectivity index (χ3n) is 4.23. The van der Waals surface area contributed by atoms with E-state index in [4.69, 9.17) is 4.74 Å². The van der Waals surface area contributed by atoms with Crippen molar-refractivity contribution < 1.29 is 9.53 Å². The van der Waals surface area contributed by atoms with E-state index in [0.29, 0.717) is 17.2 Å². The SMILES string of the molecule is COc1ccc2nc(-c3cccc(NC(=O)Nc4ccc(C)cc4)c3)cn2n1. The first-order valence-electron chi connectivity index (χ1n) is 8.76. The molecular formula is C21H19N5O2. The van der Waals surface area contributed by atoms with Gasteiger partial charge in [-0.15, -0.1) is 5.10 Å². The summed E-state index contributed by atoms with van der Waals surface area (Å²) in [6.45, 7) is 2.00. The van der Waals surface area contributed by atoms with Crippen LogP contribution in [0.2, 0.25) is 0 Å². The van der Waals surface area contributed by atoms with Crippen LogP contribution in [0.15, 0.2) is 66.9 Å². The number of urea groups is 1. The number of hydrogen-bond acceptors (Lipinski definition) is 4. The fourth-order valence-corrected chi connectivity index (χ4v) is 2.80. The van der Waals surface area contributed by atoms with Gasteiger partial charge in [0, 0.05) is 23.0 Å². The van der Waals surface area contributed by atoms with E-state index in [1.807, 2.05) is 67.7 Å². The highest BCUT2D eigenvalue weighted by Gasteiger charge is 2.08. The Balaban J connectivity index is 1.52. The molecule has 7 nitrogen and oxygen atoms in total. The van der Waals surface area contributed by atoms with Crippen LogP contribution in [0.4, 0.5) is 16.2 Å². The molecule has 0 radical (unpaired) electrons. The summed E-state index contributed by atoms with van der Waals surface area (Å²) in [5.41, 5.74) is 4.88. The van der Waals surface area contributed by atoms with Gasteiger partial charge in [-0.3, -0.25) is 0 Å². The Morgan fingerprint density at radius 2 is 1.79 bits per heavy atom. The predicted octanol–water partition coefficient (Wildman–Crippen LogP) is 4.36. The highest BCUT2D eigenvalue weighted by molar-refractivity contribution is 6.00. The van der Waals surface area contributed by atoms with Gasteiger partial charge in [-0.05, 0) is 37.3 Å². The normalized spacial score (nSPS) is 10.6. The third-order valence-corrected chi connectivity index (χ3v) is 4.23. The number of hydrogen-bond donors (Lipinski definition) is 2. The van der Waals surface area contributed by atoms with Crippen molar-refractivity contribution in [3.8, 4) is 17.1 Å². The van der Waals surface area contributed by atoms with Gasteiger partial charge in [-0.2, -0.15) is 0 Å². The Kier molecular flexibility index (Phi) is 4.63. The van der Waals surface area contributed by atoms with Crippen LogP contribution in [0, 0.1) is 6.92 Å².